The Balaban J connectivity index is 1.84. The van der Waals surface area contributed by atoms with Crippen molar-refractivity contribution in [2.75, 3.05) is 13.7 Å². The quantitative estimate of drug-likeness (QED) is 0.895. The number of fused-ring (bicyclic) bond motifs is 1. The highest BCUT2D eigenvalue weighted by Gasteiger charge is 2.25. The van der Waals surface area contributed by atoms with E-state index in [1.165, 1.54) is 24.1 Å². The molecule has 1 aliphatic rings. The highest BCUT2D eigenvalue weighted by atomic mass is 19.1. The average Bonchev–Trinajstić information content (AvgIpc) is 2.60. The molecule has 24 heavy (non-hydrogen) atoms. The van der Waals surface area contributed by atoms with Gasteiger partial charge in [0.05, 0.1) is 25.5 Å². The fourth-order valence-electron chi connectivity index (χ4n) is 2.51. The minimum absolute atomic E-state index is 0.0731. The Morgan fingerprint density at radius 1 is 1.42 bits per heavy atom. The summed E-state index contributed by atoms with van der Waals surface area (Å²) >= 11 is 0. The van der Waals surface area contributed by atoms with E-state index >= 15 is 0 Å². The first kappa shape index (κ1) is 15.9. The maximum absolute atomic E-state index is 13.8. The summed E-state index contributed by atoms with van der Waals surface area (Å²) in [6.07, 6.45) is 3.23. The number of hydrogen-bond acceptors (Lipinski definition) is 5. The number of benzene rings is 1. The molecule has 2 amide bonds. The van der Waals surface area contributed by atoms with Crippen molar-refractivity contribution in [1.82, 2.24) is 14.9 Å². The summed E-state index contributed by atoms with van der Waals surface area (Å²) in [6.45, 7) is 0.608. The number of carbonyl (C=O) groups excluding carboxylic acids is 2. The Morgan fingerprint density at radius 3 is 2.88 bits per heavy atom. The Morgan fingerprint density at radius 2 is 2.21 bits per heavy atom. The molecule has 0 saturated heterocycles. The van der Waals surface area contributed by atoms with Crippen LogP contribution in [0.3, 0.4) is 0 Å². The zero-order chi connectivity index (χ0) is 17.3. The Bertz CT molecular complexity index is 825. The fourth-order valence-corrected chi connectivity index (χ4v) is 2.51. The number of nitrogens with two attached hydrogens (primary N) is 1. The van der Waals surface area contributed by atoms with E-state index in [4.69, 9.17) is 10.5 Å². The molecule has 7 nitrogen and oxygen atoms in total. The third kappa shape index (κ3) is 2.90. The number of rotatable bonds is 3. The van der Waals surface area contributed by atoms with Crippen molar-refractivity contribution >= 4 is 11.8 Å². The van der Waals surface area contributed by atoms with Gasteiger partial charge in [0.1, 0.15) is 0 Å². The summed E-state index contributed by atoms with van der Waals surface area (Å²) in [5, 5.41) is 0. The fraction of sp³-hybridized carbons (Fsp3) is 0.250. The molecule has 8 heteroatoms. The Hall–Kier alpha value is -3.03. The lowest BCUT2D eigenvalue weighted by Crippen LogP contribution is -2.37. The van der Waals surface area contributed by atoms with E-state index in [1.54, 1.807) is 0 Å². The summed E-state index contributed by atoms with van der Waals surface area (Å²) in [6, 6.07) is 4.04. The molecule has 0 saturated carbocycles. The van der Waals surface area contributed by atoms with Crippen LogP contribution in [0.5, 0.6) is 5.75 Å². The zero-order valence-electron chi connectivity index (χ0n) is 12.9. The summed E-state index contributed by atoms with van der Waals surface area (Å²) in [4.78, 5) is 33.1. The second-order valence-corrected chi connectivity index (χ2v) is 5.27. The van der Waals surface area contributed by atoms with Gasteiger partial charge >= 0.3 is 0 Å². The minimum Gasteiger partial charge on any atom is -0.494 e. The van der Waals surface area contributed by atoms with Gasteiger partial charge in [-0.05, 0) is 24.6 Å². The van der Waals surface area contributed by atoms with Gasteiger partial charge in [0.2, 0.25) is 5.82 Å². The van der Waals surface area contributed by atoms with Crippen LogP contribution in [-0.2, 0) is 13.0 Å². The molecule has 2 N–H and O–H groups in total. The molecule has 2 heterocycles. The van der Waals surface area contributed by atoms with Gasteiger partial charge in [-0.25, -0.2) is 14.4 Å². The van der Waals surface area contributed by atoms with Crippen LogP contribution in [0.25, 0.3) is 0 Å². The van der Waals surface area contributed by atoms with E-state index in [2.05, 4.69) is 16.2 Å². The highest BCUT2D eigenvalue weighted by Crippen LogP contribution is 2.22. The topological polar surface area (TPSA) is 98.4 Å². The van der Waals surface area contributed by atoms with Crippen LogP contribution in [-0.4, -0.2) is 40.3 Å². The molecule has 1 aliphatic heterocycles. The van der Waals surface area contributed by atoms with Crippen molar-refractivity contribution in [1.29, 1.82) is 0 Å². The standard InChI is InChI=1S/C16H14FN4O3/c1-24-13-3-2-9(6-11(13)17)16(23)21-5-4-10-7-19-15(14(18)22)20-12(10)8-21/h2-3,6H,4-5,8H2,1H3,(H2,18,22). The van der Waals surface area contributed by atoms with Crippen LogP contribution in [0.15, 0.2) is 18.2 Å². The summed E-state index contributed by atoms with van der Waals surface area (Å²) < 4.78 is 18.6. The number of hydrogen-bond donors (Lipinski definition) is 1. The highest BCUT2D eigenvalue weighted by molar-refractivity contribution is 5.94. The van der Waals surface area contributed by atoms with E-state index in [0.29, 0.717) is 18.7 Å². The molecule has 0 unspecified atom stereocenters. The molecular formula is C16H14FN4O3. The monoisotopic (exact) mass is 329 g/mol. The first-order valence-electron chi connectivity index (χ1n) is 7.19. The number of nitrogens with zero attached hydrogens (tertiary/aromatic N) is 3. The number of ether oxygens (including phenoxy) is 1. The van der Waals surface area contributed by atoms with E-state index < -0.39 is 11.7 Å². The summed E-state index contributed by atoms with van der Waals surface area (Å²) in [5.74, 6) is -1.76. The normalized spacial score (nSPS) is 13.3. The second-order valence-electron chi connectivity index (χ2n) is 5.27. The molecule has 0 aliphatic carbocycles. The molecule has 0 fully saturated rings. The van der Waals surface area contributed by atoms with Crippen molar-refractivity contribution in [3.63, 3.8) is 0 Å². The van der Waals surface area contributed by atoms with Crippen LogP contribution in [0.2, 0.25) is 0 Å². The first-order valence-corrected chi connectivity index (χ1v) is 7.19. The van der Waals surface area contributed by atoms with E-state index in [1.807, 2.05) is 0 Å². The maximum Gasteiger partial charge on any atom is 0.286 e. The Labute approximate surface area is 137 Å². The van der Waals surface area contributed by atoms with Crippen molar-refractivity contribution in [2.24, 2.45) is 5.73 Å². The number of methoxy groups -OCH3 is 1. The van der Waals surface area contributed by atoms with Crippen LogP contribution in [0.4, 0.5) is 4.39 Å². The summed E-state index contributed by atoms with van der Waals surface area (Å²) in [7, 11) is 1.36. The minimum atomic E-state index is -0.755. The van der Waals surface area contributed by atoms with Gasteiger partial charge in [0.15, 0.2) is 11.6 Å². The molecule has 0 bridgehead atoms. The van der Waals surface area contributed by atoms with Gasteiger partial charge in [0.25, 0.3) is 11.8 Å². The smallest absolute Gasteiger partial charge is 0.286 e. The lowest BCUT2D eigenvalue weighted by atomic mass is 10.1. The zero-order valence-corrected chi connectivity index (χ0v) is 12.9. The van der Waals surface area contributed by atoms with Gasteiger partial charge in [0, 0.05) is 17.7 Å². The number of primary amides is 1. The number of halogens is 1. The van der Waals surface area contributed by atoms with Crippen LogP contribution in [0.1, 0.15) is 32.2 Å². The van der Waals surface area contributed by atoms with Crippen molar-refractivity contribution in [3.8, 4) is 5.75 Å². The van der Waals surface area contributed by atoms with Crippen molar-refractivity contribution in [3.05, 3.63) is 52.9 Å². The molecule has 3 rings (SSSR count). The van der Waals surface area contributed by atoms with E-state index in [9.17, 15) is 14.0 Å². The largest absolute Gasteiger partial charge is 0.494 e. The van der Waals surface area contributed by atoms with Gasteiger partial charge in [-0.2, -0.15) is 0 Å². The third-order valence-electron chi connectivity index (χ3n) is 3.76. The second kappa shape index (κ2) is 6.23. The Kier molecular flexibility index (Phi) is 4.11. The molecule has 123 valence electrons. The molecule has 1 aromatic carbocycles. The average molecular weight is 329 g/mol. The predicted octanol–water partition coefficient (Wildman–Crippen LogP) is 0.722. The van der Waals surface area contributed by atoms with E-state index in [0.717, 1.165) is 11.6 Å². The predicted molar refractivity (Wildman–Crippen MR) is 80.8 cm³/mol. The van der Waals surface area contributed by atoms with E-state index in [-0.39, 0.29) is 29.6 Å². The molecule has 1 aromatic heterocycles. The van der Waals surface area contributed by atoms with Crippen molar-refractivity contribution in [2.45, 2.75) is 13.0 Å². The third-order valence-corrected chi connectivity index (χ3v) is 3.76. The summed E-state index contributed by atoms with van der Waals surface area (Å²) in [5.41, 5.74) is 6.63. The SMILES string of the molecule is COc1ccc(C(=O)N2CCc3[c]nc(C(N)=O)nc3C2)cc1F. The van der Waals surface area contributed by atoms with Gasteiger partial charge < -0.3 is 15.4 Å². The lowest BCUT2D eigenvalue weighted by molar-refractivity contribution is 0.0731. The van der Waals surface area contributed by atoms with Crippen LogP contribution >= 0.6 is 0 Å². The lowest BCUT2D eigenvalue weighted by Gasteiger charge is -2.28. The first-order chi connectivity index (χ1) is 11.5. The van der Waals surface area contributed by atoms with Gasteiger partial charge in [-0.3, -0.25) is 9.59 Å². The van der Waals surface area contributed by atoms with Gasteiger partial charge in [-0.15, -0.1) is 0 Å². The van der Waals surface area contributed by atoms with Crippen LogP contribution < -0.4 is 10.5 Å². The molecule has 0 spiro atoms. The molecular weight excluding hydrogens is 315 g/mol. The molecule has 2 aromatic rings. The number of amides is 2. The molecule has 1 radical (unpaired) electrons. The van der Waals surface area contributed by atoms with Crippen LogP contribution in [0, 0.1) is 12.0 Å². The molecule has 0 atom stereocenters. The number of aromatic nitrogens is 2. The van der Waals surface area contributed by atoms with Gasteiger partial charge in [-0.1, -0.05) is 0 Å². The maximum atomic E-state index is 13.8. The number of carbonyl (C=O) groups is 2. The van der Waals surface area contributed by atoms with Crippen molar-refractivity contribution < 1.29 is 18.7 Å².